The Hall–Kier alpha value is -3.88. The van der Waals surface area contributed by atoms with E-state index in [1.807, 2.05) is 18.2 Å². The Kier molecular flexibility index (Phi) is 6.01. The lowest BCUT2D eigenvalue weighted by atomic mass is 10.2. The molecule has 0 saturated heterocycles. The molecule has 0 amide bonds. The van der Waals surface area contributed by atoms with Gasteiger partial charge in [0.15, 0.2) is 6.61 Å². The number of nitrogen functional groups attached to an aromatic ring is 1. The van der Waals surface area contributed by atoms with Gasteiger partial charge >= 0.3 is 11.7 Å². The summed E-state index contributed by atoms with van der Waals surface area (Å²) in [7, 11) is 1.66. The van der Waals surface area contributed by atoms with Crippen LogP contribution >= 0.6 is 0 Å². The van der Waals surface area contributed by atoms with Crippen LogP contribution in [0, 0.1) is 0 Å². The topological polar surface area (TPSA) is 118 Å². The Labute approximate surface area is 171 Å². The highest BCUT2D eigenvalue weighted by Gasteiger charge is 2.24. The number of nitrogens with two attached hydrogens (primary N) is 1. The first kappa shape index (κ1) is 20.8. The van der Waals surface area contributed by atoms with Crippen LogP contribution < -0.4 is 17.0 Å². The SMILES string of the molecule is CCn1c(=O)c(C(=O)COC(=O)c2cccn2C)c(N)n(Cc2ccccc2)c1=O. The van der Waals surface area contributed by atoms with Crippen molar-refractivity contribution in [2.45, 2.75) is 20.0 Å². The average Bonchev–Trinajstić information content (AvgIpc) is 3.16. The number of esters is 1. The van der Waals surface area contributed by atoms with Gasteiger partial charge < -0.3 is 15.0 Å². The summed E-state index contributed by atoms with van der Waals surface area (Å²) in [4.78, 5) is 50.3. The molecule has 0 aliphatic rings. The van der Waals surface area contributed by atoms with Crippen molar-refractivity contribution in [3.63, 3.8) is 0 Å². The van der Waals surface area contributed by atoms with Gasteiger partial charge in [0, 0.05) is 19.8 Å². The number of ether oxygens (including phenoxy) is 1. The quantitative estimate of drug-likeness (QED) is 0.459. The van der Waals surface area contributed by atoms with Crippen LogP contribution in [0.4, 0.5) is 5.82 Å². The Morgan fingerprint density at radius 1 is 1.03 bits per heavy atom. The first-order valence-electron chi connectivity index (χ1n) is 9.33. The van der Waals surface area contributed by atoms with E-state index in [1.54, 1.807) is 49.0 Å². The van der Waals surface area contributed by atoms with Crippen LogP contribution in [-0.2, 0) is 24.9 Å². The lowest BCUT2D eigenvalue weighted by Gasteiger charge is -2.16. The minimum absolute atomic E-state index is 0.0656. The molecule has 0 radical (unpaired) electrons. The third-order valence-electron chi connectivity index (χ3n) is 4.73. The number of aryl methyl sites for hydroxylation is 1. The molecule has 0 saturated carbocycles. The number of carbonyl (C=O) groups is 2. The molecule has 0 aliphatic carbocycles. The van der Waals surface area contributed by atoms with Crippen LogP contribution in [0.5, 0.6) is 0 Å². The molecule has 2 N–H and O–H groups in total. The number of anilines is 1. The zero-order chi connectivity index (χ0) is 21.8. The molecule has 0 fully saturated rings. The zero-order valence-corrected chi connectivity index (χ0v) is 16.7. The molecule has 0 aliphatic heterocycles. The molecule has 2 heterocycles. The van der Waals surface area contributed by atoms with Crippen LogP contribution in [0.3, 0.4) is 0 Å². The minimum atomic E-state index is -0.802. The van der Waals surface area contributed by atoms with Crippen molar-refractivity contribution in [2.24, 2.45) is 7.05 Å². The van der Waals surface area contributed by atoms with E-state index in [2.05, 4.69) is 0 Å². The van der Waals surface area contributed by atoms with Crippen molar-refractivity contribution >= 4 is 17.6 Å². The fourth-order valence-electron chi connectivity index (χ4n) is 3.13. The van der Waals surface area contributed by atoms with Gasteiger partial charge in [0.1, 0.15) is 17.1 Å². The van der Waals surface area contributed by atoms with Crippen LogP contribution in [0.2, 0.25) is 0 Å². The van der Waals surface area contributed by atoms with Crippen molar-refractivity contribution in [3.8, 4) is 0 Å². The lowest BCUT2D eigenvalue weighted by molar-refractivity contribution is 0.0464. The molecule has 9 nitrogen and oxygen atoms in total. The standard InChI is InChI=1S/C21H22N4O5/c1-3-24-19(27)17(16(26)13-30-20(28)15-10-7-11-23(15)2)18(22)25(21(24)29)12-14-8-5-4-6-9-14/h4-11H,3,12-13,22H2,1-2H3. The Morgan fingerprint density at radius 3 is 2.33 bits per heavy atom. The van der Waals surface area contributed by atoms with E-state index in [0.29, 0.717) is 0 Å². The number of aromatic nitrogens is 3. The lowest BCUT2D eigenvalue weighted by Crippen LogP contribution is -2.44. The Morgan fingerprint density at radius 2 is 1.73 bits per heavy atom. The predicted octanol–water partition coefficient (Wildman–Crippen LogP) is 1.04. The van der Waals surface area contributed by atoms with Crippen LogP contribution in [0.15, 0.2) is 58.3 Å². The van der Waals surface area contributed by atoms with E-state index in [0.717, 1.165) is 10.1 Å². The van der Waals surface area contributed by atoms with Gasteiger partial charge in [-0.1, -0.05) is 30.3 Å². The van der Waals surface area contributed by atoms with Crippen molar-refractivity contribution in [2.75, 3.05) is 12.3 Å². The van der Waals surface area contributed by atoms with Crippen LogP contribution in [-0.4, -0.2) is 32.1 Å². The van der Waals surface area contributed by atoms with Crippen molar-refractivity contribution in [3.05, 3.63) is 86.3 Å². The molecule has 0 unspecified atom stereocenters. The van der Waals surface area contributed by atoms with Gasteiger partial charge in [-0.2, -0.15) is 0 Å². The molecule has 156 valence electrons. The maximum Gasteiger partial charge on any atom is 0.355 e. The maximum atomic E-state index is 12.7. The first-order chi connectivity index (χ1) is 14.3. The summed E-state index contributed by atoms with van der Waals surface area (Å²) in [6, 6.07) is 12.3. The minimum Gasteiger partial charge on any atom is -0.453 e. The van der Waals surface area contributed by atoms with E-state index in [4.69, 9.17) is 10.5 Å². The fraction of sp³-hybridized carbons (Fsp3) is 0.238. The largest absolute Gasteiger partial charge is 0.453 e. The van der Waals surface area contributed by atoms with E-state index in [9.17, 15) is 19.2 Å². The summed E-state index contributed by atoms with van der Waals surface area (Å²) in [5.41, 5.74) is 5.33. The van der Waals surface area contributed by atoms with Gasteiger partial charge in [-0.3, -0.25) is 18.7 Å². The van der Waals surface area contributed by atoms with E-state index < -0.39 is 29.6 Å². The van der Waals surface area contributed by atoms with Crippen molar-refractivity contribution in [1.82, 2.24) is 13.7 Å². The number of Topliss-reactive ketones (excluding diaryl/α,β-unsaturated/α-hetero) is 1. The monoisotopic (exact) mass is 410 g/mol. The molecule has 2 aromatic heterocycles. The molecular formula is C21H22N4O5. The van der Waals surface area contributed by atoms with Gasteiger partial charge in [-0.25, -0.2) is 9.59 Å². The number of benzene rings is 1. The molecular weight excluding hydrogens is 388 g/mol. The third kappa shape index (κ3) is 3.95. The molecule has 1 aromatic carbocycles. The maximum absolute atomic E-state index is 12.7. The predicted molar refractivity (Wildman–Crippen MR) is 111 cm³/mol. The molecule has 0 atom stereocenters. The molecule has 0 bridgehead atoms. The van der Waals surface area contributed by atoms with Gasteiger partial charge in [0.05, 0.1) is 6.54 Å². The van der Waals surface area contributed by atoms with Gasteiger partial charge in [-0.05, 0) is 24.6 Å². The number of carbonyl (C=O) groups excluding carboxylic acids is 2. The van der Waals surface area contributed by atoms with Gasteiger partial charge in [0.2, 0.25) is 5.78 Å². The first-order valence-corrected chi connectivity index (χ1v) is 9.33. The van der Waals surface area contributed by atoms with Crippen LogP contribution in [0.25, 0.3) is 0 Å². The second kappa shape index (κ2) is 8.64. The molecule has 30 heavy (non-hydrogen) atoms. The van der Waals surface area contributed by atoms with Crippen molar-refractivity contribution < 1.29 is 14.3 Å². The van der Waals surface area contributed by atoms with Crippen LogP contribution in [0.1, 0.15) is 33.3 Å². The number of rotatable bonds is 7. The number of hydrogen-bond acceptors (Lipinski definition) is 6. The summed E-state index contributed by atoms with van der Waals surface area (Å²) in [5.74, 6) is -1.73. The normalized spacial score (nSPS) is 10.7. The zero-order valence-electron chi connectivity index (χ0n) is 16.7. The second-order valence-corrected chi connectivity index (χ2v) is 6.67. The highest BCUT2D eigenvalue weighted by atomic mass is 16.5. The van der Waals surface area contributed by atoms with E-state index in [1.165, 1.54) is 4.57 Å². The highest BCUT2D eigenvalue weighted by molar-refractivity contribution is 6.02. The number of nitrogens with zero attached hydrogens (tertiary/aromatic N) is 3. The number of ketones is 1. The smallest absolute Gasteiger partial charge is 0.355 e. The molecule has 9 heteroatoms. The number of hydrogen-bond donors (Lipinski definition) is 1. The summed E-state index contributed by atoms with van der Waals surface area (Å²) in [5, 5.41) is 0. The molecule has 3 rings (SSSR count). The average molecular weight is 410 g/mol. The Balaban J connectivity index is 1.95. The van der Waals surface area contributed by atoms with Gasteiger partial charge in [-0.15, -0.1) is 0 Å². The summed E-state index contributed by atoms with van der Waals surface area (Å²) in [6.45, 7) is 1.11. The molecule has 0 spiro atoms. The summed E-state index contributed by atoms with van der Waals surface area (Å²) >= 11 is 0. The Bertz CT molecular complexity index is 1200. The third-order valence-corrected chi connectivity index (χ3v) is 4.73. The summed E-state index contributed by atoms with van der Waals surface area (Å²) in [6.07, 6.45) is 1.66. The fourth-order valence-corrected chi connectivity index (χ4v) is 3.13. The summed E-state index contributed by atoms with van der Waals surface area (Å²) < 4.78 is 8.71. The van der Waals surface area contributed by atoms with E-state index >= 15 is 0 Å². The van der Waals surface area contributed by atoms with Crippen molar-refractivity contribution in [1.29, 1.82) is 0 Å². The van der Waals surface area contributed by atoms with Gasteiger partial charge in [0.25, 0.3) is 5.56 Å². The molecule has 3 aromatic rings. The second-order valence-electron chi connectivity index (χ2n) is 6.67. The van der Waals surface area contributed by atoms with E-state index in [-0.39, 0.29) is 30.2 Å². The highest BCUT2D eigenvalue weighted by Crippen LogP contribution is 2.11.